The first-order chi connectivity index (χ1) is 9.67. The summed E-state index contributed by atoms with van der Waals surface area (Å²) in [5, 5.41) is 9.89. The van der Waals surface area contributed by atoms with Crippen LogP contribution in [0.5, 0.6) is 0 Å². The summed E-state index contributed by atoms with van der Waals surface area (Å²) in [6.45, 7) is 2.61. The molecule has 0 aliphatic rings. The van der Waals surface area contributed by atoms with Crippen molar-refractivity contribution in [3.05, 3.63) is 47.4 Å². The molecule has 106 valence electrons. The van der Waals surface area contributed by atoms with Crippen LogP contribution < -0.4 is 10.6 Å². The molecule has 2 N–H and O–H groups in total. The third kappa shape index (κ3) is 4.04. The third-order valence-electron chi connectivity index (χ3n) is 2.56. The molecule has 0 saturated carbocycles. The molecule has 0 spiro atoms. The van der Waals surface area contributed by atoms with Crippen molar-refractivity contribution in [2.24, 2.45) is 4.99 Å². The van der Waals surface area contributed by atoms with Crippen molar-refractivity contribution < 1.29 is 8.91 Å². The number of benzene rings is 1. The van der Waals surface area contributed by atoms with E-state index in [0.717, 1.165) is 5.56 Å². The van der Waals surface area contributed by atoms with Gasteiger partial charge in [-0.2, -0.15) is 4.98 Å². The monoisotopic (exact) mass is 277 g/mol. The quantitative estimate of drug-likeness (QED) is 0.652. The predicted molar refractivity (Wildman–Crippen MR) is 72.5 cm³/mol. The van der Waals surface area contributed by atoms with E-state index in [1.807, 2.05) is 6.07 Å². The summed E-state index contributed by atoms with van der Waals surface area (Å²) in [7, 11) is 1.66. The summed E-state index contributed by atoms with van der Waals surface area (Å²) < 4.78 is 17.9. The maximum Gasteiger partial charge on any atom is 0.223 e. The summed E-state index contributed by atoms with van der Waals surface area (Å²) in [6, 6.07) is 6.40. The highest BCUT2D eigenvalue weighted by atomic mass is 19.1. The SMILES string of the molecule is CN=C(NCc1cccc(F)c1)NCc1noc(C)n1. The molecule has 7 heteroatoms. The molecule has 1 heterocycles. The van der Waals surface area contributed by atoms with Crippen molar-refractivity contribution in [3.8, 4) is 0 Å². The van der Waals surface area contributed by atoms with Gasteiger partial charge in [-0.25, -0.2) is 4.39 Å². The van der Waals surface area contributed by atoms with Gasteiger partial charge in [0.1, 0.15) is 5.82 Å². The second-order valence-corrected chi connectivity index (χ2v) is 4.14. The fraction of sp³-hybridized carbons (Fsp3) is 0.308. The topological polar surface area (TPSA) is 75.3 Å². The average Bonchev–Trinajstić information content (AvgIpc) is 2.85. The van der Waals surface area contributed by atoms with Gasteiger partial charge in [0, 0.05) is 20.5 Å². The van der Waals surface area contributed by atoms with Crippen LogP contribution in [0.3, 0.4) is 0 Å². The third-order valence-corrected chi connectivity index (χ3v) is 2.56. The minimum absolute atomic E-state index is 0.255. The highest BCUT2D eigenvalue weighted by molar-refractivity contribution is 5.79. The molecule has 2 rings (SSSR count). The van der Waals surface area contributed by atoms with E-state index in [1.54, 1.807) is 20.0 Å². The van der Waals surface area contributed by atoms with E-state index < -0.39 is 0 Å². The second kappa shape index (κ2) is 6.65. The summed E-state index contributed by atoms with van der Waals surface area (Å²) in [4.78, 5) is 8.14. The highest BCUT2D eigenvalue weighted by Crippen LogP contribution is 2.02. The zero-order chi connectivity index (χ0) is 14.4. The Labute approximate surface area is 116 Å². The minimum Gasteiger partial charge on any atom is -0.352 e. The molecule has 0 fully saturated rings. The van der Waals surface area contributed by atoms with Gasteiger partial charge in [0.05, 0.1) is 6.54 Å². The van der Waals surface area contributed by atoms with Crippen LogP contribution in [-0.2, 0) is 13.1 Å². The molecule has 0 radical (unpaired) electrons. The second-order valence-electron chi connectivity index (χ2n) is 4.14. The number of aryl methyl sites for hydroxylation is 1. The maximum absolute atomic E-state index is 13.0. The van der Waals surface area contributed by atoms with E-state index in [9.17, 15) is 4.39 Å². The smallest absolute Gasteiger partial charge is 0.223 e. The van der Waals surface area contributed by atoms with Crippen molar-refractivity contribution in [2.75, 3.05) is 7.05 Å². The molecule has 0 bridgehead atoms. The Morgan fingerprint density at radius 2 is 2.15 bits per heavy atom. The van der Waals surface area contributed by atoms with E-state index >= 15 is 0 Å². The van der Waals surface area contributed by atoms with Crippen LogP contribution >= 0.6 is 0 Å². The van der Waals surface area contributed by atoms with Gasteiger partial charge < -0.3 is 15.2 Å². The minimum atomic E-state index is -0.255. The van der Waals surface area contributed by atoms with Crippen LogP contribution in [0.4, 0.5) is 4.39 Å². The first kappa shape index (κ1) is 14.0. The van der Waals surface area contributed by atoms with Gasteiger partial charge in [-0.3, -0.25) is 4.99 Å². The largest absolute Gasteiger partial charge is 0.352 e. The number of halogens is 1. The number of aliphatic imine (C=N–C) groups is 1. The Morgan fingerprint density at radius 3 is 2.80 bits per heavy atom. The Kier molecular flexibility index (Phi) is 4.65. The highest BCUT2D eigenvalue weighted by Gasteiger charge is 2.04. The lowest BCUT2D eigenvalue weighted by Crippen LogP contribution is -2.36. The van der Waals surface area contributed by atoms with E-state index in [1.165, 1.54) is 12.1 Å². The van der Waals surface area contributed by atoms with Crippen molar-refractivity contribution in [3.63, 3.8) is 0 Å². The van der Waals surface area contributed by atoms with Crippen LogP contribution in [0.25, 0.3) is 0 Å². The number of aromatic nitrogens is 2. The lowest BCUT2D eigenvalue weighted by Gasteiger charge is -2.10. The number of guanidine groups is 1. The molecule has 0 aliphatic carbocycles. The van der Waals surface area contributed by atoms with Crippen LogP contribution in [0.1, 0.15) is 17.3 Å². The standard InChI is InChI=1S/C13H16FN5O/c1-9-18-12(19-20-9)8-17-13(15-2)16-7-10-4-3-5-11(14)6-10/h3-6H,7-8H2,1-2H3,(H2,15,16,17). The van der Waals surface area contributed by atoms with E-state index in [2.05, 4.69) is 25.8 Å². The number of hydrogen-bond acceptors (Lipinski definition) is 4. The van der Waals surface area contributed by atoms with Crippen LogP contribution in [-0.4, -0.2) is 23.1 Å². The fourth-order valence-corrected chi connectivity index (χ4v) is 1.63. The molecule has 0 saturated heterocycles. The molecule has 6 nitrogen and oxygen atoms in total. The average molecular weight is 277 g/mol. The number of hydrogen-bond donors (Lipinski definition) is 2. The van der Waals surface area contributed by atoms with E-state index in [-0.39, 0.29) is 5.82 Å². The number of nitrogens with one attached hydrogen (secondary N) is 2. The van der Waals surface area contributed by atoms with Crippen molar-refractivity contribution in [2.45, 2.75) is 20.0 Å². The molecule has 20 heavy (non-hydrogen) atoms. The Morgan fingerprint density at radius 1 is 1.35 bits per heavy atom. The van der Waals surface area contributed by atoms with Gasteiger partial charge >= 0.3 is 0 Å². The lowest BCUT2D eigenvalue weighted by molar-refractivity contribution is 0.387. The van der Waals surface area contributed by atoms with Crippen LogP contribution in [0, 0.1) is 12.7 Å². The first-order valence-electron chi connectivity index (χ1n) is 6.15. The fourth-order valence-electron chi connectivity index (χ4n) is 1.63. The van der Waals surface area contributed by atoms with Gasteiger partial charge in [-0.05, 0) is 17.7 Å². The van der Waals surface area contributed by atoms with Crippen molar-refractivity contribution in [1.82, 2.24) is 20.8 Å². The van der Waals surface area contributed by atoms with Gasteiger partial charge in [0.2, 0.25) is 5.89 Å². The number of nitrogens with zero attached hydrogens (tertiary/aromatic N) is 3. The van der Waals surface area contributed by atoms with Crippen LogP contribution in [0.15, 0.2) is 33.8 Å². The summed E-state index contributed by atoms with van der Waals surface area (Å²) in [6.07, 6.45) is 0. The molecule has 2 aromatic rings. The maximum atomic E-state index is 13.0. The predicted octanol–water partition coefficient (Wildman–Crippen LogP) is 1.38. The van der Waals surface area contributed by atoms with Crippen molar-refractivity contribution >= 4 is 5.96 Å². The van der Waals surface area contributed by atoms with Crippen molar-refractivity contribution in [1.29, 1.82) is 0 Å². The van der Waals surface area contributed by atoms with Crippen LogP contribution in [0.2, 0.25) is 0 Å². The van der Waals surface area contributed by atoms with E-state index in [4.69, 9.17) is 4.52 Å². The van der Waals surface area contributed by atoms with Gasteiger partial charge in [-0.1, -0.05) is 17.3 Å². The van der Waals surface area contributed by atoms with Gasteiger partial charge in [-0.15, -0.1) is 0 Å². The van der Waals surface area contributed by atoms with Gasteiger partial charge in [0.15, 0.2) is 11.8 Å². The Balaban J connectivity index is 1.84. The molecule has 1 aromatic heterocycles. The summed E-state index contributed by atoms with van der Waals surface area (Å²) >= 11 is 0. The Hall–Kier alpha value is -2.44. The molecule has 0 amide bonds. The van der Waals surface area contributed by atoms with Gasteiger partial charge in [0.25, 0.3) is 0 Å². The first-order valence-corrected chi connectivity index (χ1v) is 6.15. The molecular weight excluding hydrogens is 261 g/mol. The zero-order valence-corrected chi connectivity index (χ0v) is 11.4. The zero-order valence-electron chi connectivity index (χ0n) is 11.4. The van der Waals surface area contributed by atoms with E-state index in [0.29, 0.717) is 30.8 Å². The molecule has 0 atom stereocenters. The summed E-state index contributed by atoms with van der Waals surface area (Å²) in [5.74, 6) is 1.40. The normalized spacial score (nSPS) is 11.4. The molecule has 1 aromatic carbocycles. The summed E-state index contributed by atoms with van der Waals surface area (Å²) in [5.41, 5.74) is 0.836. The number of rotatable bonds is 4. The molecular formula is C13H16FN5O. The lowest BCUT2D eigenvalue weighted by atomic mass is 10.2. The Bertz CT molecular complexity index is 596. The molecule has 0 unspecified atom stereocenters. The molecule has 0 aliphatic heterocycles.